The van der Waals surface area contributed by atoms with E-state index in [1.807, 2.05) is 0 Å². The van der Waals surface area contributed by atoms with Crippen LogP contribution in [-0.2, 0) is 12.7 Å². The Kier molecular flexibility index (Phi) is 5.68. The van der Waals surface area contributed by atoms with Gasteiger partial charge in [-0.25, -0.2) is 4.39 Å². The molecule has 0 aliphatic rings. The molecule has 0 aliphatic carbocycles. The second-order valence-corrected chi connectivity index (χ2v) is 6.45. The van der Waals surface area contributed by atoms with Crippen LogP contribution in [0.3, 0.4) is 0 Å². The minimum absolute atomic E-state index is 0.0981. The molecule has 3 rings (SSSR count). The lowest BCUT2D eigenvalue weighted by atomic mass is 10.2. The van der Waals surface area contributed by atoms with E-state index >= 15 is 0 Å². The van der Waals surface area contributed by atoms with Crippen molar-refractivity contribution in [2.75, 3.05) is 6.26 Å². The van der Waals surface area contributed by atoms with Crippen LogP contribution >= 0.6 is 11.8 Å². The Balaban J connectivity index is 1.88. The quantitative estimate of drug-likeness (QED) is 0.509. The number of rotatable bonds is 5. The number of amides is 1. The highest BCUT2D eigenvalue weighted by Gasteiger charge is 2.31. The zero-order chi connectivity index (χ0) is 20.3. The molecule has 3 aromatic rings. The number of aromatic nitrogens is 3. The van der Waals surface area contributed by atoms with E-state index in [0.29, 0.717) is 5.16 Å². The van der Waals surface area contributed by atoms with Crippen LogP contribution in [0.1, 0.15) is 21.7 Å². The van der Waals surface area contributed by atoms with E-state index in [4.69, 9.17) is 0 Å². The van der Waals surface area contributed by atoms with E-state index in [2.05, 4.69) is 15.5 Å². The molecule has 0 radical (unpaired) electrons. The fourth-order valence-electron chi connectivity index (χ4n) is 2.52. The standard InChI is InChI=1S/C18H14F4N4OS/c1-28-17-25-24-15(10-23-16(27)11-4-2-6-13(19)8-11)26(17)14-7-3-5-12(9-14)18(20,21)22/h2-9H,10H2,1H3,(H,23,27). The molecule has 28 heavy (non-hydrogen) atoms. The van der Waals surface area contributed by atoms with Crippen molar-refractivity contribution in [3.05, 3.63) is 71.3 Å². The average molecular weight is 410 g/mol. The maximum absolute atomic E-state index is 13.3. The van der Waals surface area contributed by atoms with Gasteiger partial charge in [0.1, 0.15) is 5.82 Å². The first-order valence-electron chi connectivity index (χ1n) is 7.99. The third kappa shape index (κ3) is 4.33. The molecular formula is C18H14F4N4OS. The summed E-state index contributed by atoms with van der Waals surface area (Å²) < 4.78 is 53.8. The second kappa shape index (κ2) is 8.01. The van der Waals surface area contributed by atoms with Gasteiger partial charge < -0.3 is 5.32 Å². The normalized spacial score (nSPS) is 11.5. The van der Waals surface area contributed by atoms with Crippen LogP contribution in [-0.4, -0.2) is 26.9 Å². The molecular weight excluding hydrogens is 396 g/mol. The minimum Gasteiger partial charge on any atom is -0.345 e. The summed E-state index contributed by atoms with van der Waals surface area (Å²) in [4.78, 5) is 12.2. The number of carbonyl (C=O) groups excluding carboxylic acids is 1. The number of nitrogens with zero attached hydrogens (tertiary/aromatic N) is 3. The number of thioether (sulfide) groups is 1. The van der Waals surface area contributed by atoms with Gasteiger partial charge in [0, 0.05) is 5.56 Å². The molecule has 0 fully saturated rings. The van der Waals surface area contributed by atoms with E-state index < -0.39 is 23.5 Å². The Morgan fingerprint density at radius 2 is 1.89 bits per heavy atom. The smallest absolute Gasteiger partial charge is 0.345 e. The molecule has 0 unspecified atom stereocenters. The Labute approximate surface area is 161 Å². The summed E-state index contributed by atoms with van der Waals surface area (Å²) in [6, 6.07) is 9.89. The van der Waals surface area contributed by atoms with Gasteiger partial charge in [-0.05, 0) is 42.7 Å². The highest BCUT2D eigenvalue weighted by Crippen LogP contribution is 2.31. The zero-order valence-corrected chi connectivity index (χ0v) is 15.3. The minimum atomic E-state index is -4.49. The highest BCUT2D eigenvalue weighted by molar-refractivity contribution is 7.98. The van der Waals surface area contributed by atoms with Crippen LogP contribution in [0.2, 0.25) is 0 Å². The Hall–Kier alpha value is -2.88. The summed E-state index contributed by atoms with van der Waals surface area (Å²) in [5.74, 6) is -0.846. The lowest BCUT2D eigenvalue weighted by Crippen LogP contribution is -2.24. The number of nitrogens with one attached hydrogen (secondary N) is 1. The van der Waals surface area contributed by atoms with E-state index in [-0.39, 0.29) is 23.6 Å². The molecule has 0 saturated heterocycles. The maximum Gasteiger partial charge on any atom is 0.416 e. The molecule has 2 aromatic carbocycles. The van der Waals surface area contributed by atoms with Crippen LogP contribution < -0.4 is 5.32 Å². The van der Waals surface area contributed by atoms with Gasteiger partial charge in [0.15, 0.2) is 11.0 Å². The van der Waals surface area contributed by atoms with Gasteiger partial charge in [-0.1, -0.05) is 23.9 Å². The SMILES string of the molecule is CSc1nnc(CNC(=O)c2cccc(F)c2)n1-c1cccc(C(F)(F)F)c1. The molecule has 5 nitrogen and oxygen atoms in total. The Morgan fingerprint density at radius 1 is 1.14 bits per heavy atom. The van der Waals surface area contributed by atoms with E-state index in [0.717, 1.165) is 18.2 Å². The van der Waals surface area contributed by atoms with Crippen molar-refractivity contribution in [3.63, 3.8) is 0 Å². The summed E-state index contributed by atoms with van der Waals surface area (Å²) in [6.07, 6.45) is -2.78. The van der Waals surface area contributed by atoms with Gasteiger partial charge in [-0.2, -0.15) is 13.2 Å². The molecule has 10 heteroatoms. The third-order valence-electron chi connectivity index (χ3n) is 3.81. The first kappa shape index (κ1) is 19.9. The monoisotopic (exact) mass is 410 g/mol. The van der Waals surface area contributed by atoms with Crippen LogP contribution in [0.4, 0.5) is 17.6 Å². The molecule has 0 spiro atoms. The van der Waals surface area contributed by atoms with Crippen LogP contribution in [0, 0.1) is 5.82 Å². The first-order valence-corrected chi connectivity index (χ1v) is 9.22. The summed E-state index contributed by atoms with van der Waals surface area (Å²) in [5, 5.41) is 10.9. The molecule has 1 N–H and O–H groups in total. The number of hydrogen-bond donors (Lipinski definition) is 1. The summed E-state index contributed by atoms with van der Waals surface area (Å²) in [5.41, 5.74) is -0.463. The van der Waals surface area contributed by atoms with Gasteiger partial charge in [-0.15, -0.1) is 10.2 Å². The molecule has 1 amide bonds. The summed E-state index contributed by atoms with van der Waals surface area (Å²) in [7, 11) is 0. The average Bonchev–Trinajstić information content (AvgIpc) is 3.08. The molecule has 0 saturated carbocycles. The van der Waals surface area contributed by atoms with Crippen molar-refractivity contribution < 1.29 is 22.4 Å². The van der Waals surface area contributed by atoms with E-state index in [1.165, 1.54) is 46.7 Å². The van der Waals surface area contributed by atoms with Gasteiger partial charge in [0.2, 0.25) is 0 Å². The predicted octanol–water partition coefficient (Wildman–Crippen LogP) is 4.08. The van der Waals surface area contributed by atoms with Crippen LogP contribution in [0.15, 0.2) is 53.7 Å². The van der Waals surface area contributed by atoms with E-state index in [1.54, 1.807) is 6.26 Å². The molecule has 0 bridgehead atoms. The molecule has 0 aliphatic heterocycles. The van der Waals surface area contributed by atoms with Crippen molar-refractivity contribution in [2.45, 2.75) is 17.9 Å². The fraction of sp³-hybridized carbons (Fsp3) is 0.167. The zero-order valence-electron chi connectivity index (χ0n) is 14.5. The lowest BCUT2D eigenvalue weighted by Gasteiger charge is -2.13. The summed E-state index contributed by atoms with van der Waals surface area (Å²) >= 11 is 1.20. The fourth-order valence-corrected chi connectivity index (χ4v) is 3.03. The molecule has 1 aromatic heterocycles. The predicted molar refractivity (Wildman–Crippen MR) is 95.7 cm³/mol. The number of benzene rings is 2. The largest absolute Gasteiger partial charge is 0.416 e. The van der Waals surface area contributed by atoms with Crippen molar-refractivity contribution in [1.82, 2.24) is 20.1 Å². The second-order valence-electron chi connectivity index (χ2n) is 5.68. The van der Waals surface area contributed by atoms with Crippen molar-refractivity contribution in [3.8, 4) is 5.69 Å². The van der Waals surface area contributed by atoms with Gasteiger partial charge in [0.25, 0.3) is 5.91 Å². The Morgan fingerprint density at radius 3 is 2.57 bits per heavy atom. The van der Waals surface area contributed by atoms with Crippen molar-refractivity contribution >= 4 is 17.7 Å². The van der Waals surface area contributed by atoms with Crippen LogP contribution in [0.5, 0.6) is 0 Å². The lowest BCUT2D eigenvalue weighted by molar-refractivity contribution is -0.137. The number of carbonyl (C=O) groups is 1. The number of hydrogen-bond acceptors (Lipinski definition) is 4. The van der Waals surface area contributed by atoms with Crippen LogP contribution in [0.25, 0.3) is 5.69 Å². The number of alkyl halides is 3. The number of halogens is 4. The third-order valence-corrected chi connectivity index (χ3v) is 4.44. The van der Waals surface area contributed by atoms with Gasteiger partial charge in [0.05, 0.1) is 17.8 Å². The van der Waals surface area contributed by atoms with Crippen molar-refractivity contribution in [2.24, 2.45) is 0 Å². The van der Waals surface area contributed by atoms with E-state index in [9.17, 15) is 22.4 Å². The van der Waals surface area contributed by atoms with Gasteiger partial charge >= 0.3 is 6.18 Å². The van der Waals surface area contributed by atoms with Crippen molar-refractivity contribution in [1.29, 1.82) is 0 Å². The molecule has 1 heterocycles. The topological polar surface area (TPSA) is 59.8 Å². The van der Waals surface area contributed by atoms with Gasteiger partial charge in [-0.3, -0.25) is 9.36 Å². The first-order chi connectivity index (χ1) is 13.3. The highest BCUT2D eigenvalue weighted by atomic mass is 32.2. The maximum atomic E-state index is 13.3. The Bertz CT molecular complexity index is 1000. The molecule has 0 atom stereocenters. The summed E-state index contributed by atoms with van der Waals surface area (Å²) in [6.45, 7) is -0.0981. The molecule has 146 valence electrons.